The zero-order chi connectivity index (χ0) is 21.3. The highest BCUT2D eigenvalue weighted by molar-refractivity contribution is 7.99. The Balaban J connectivity index is 1.53. The van der Waals surface area contributed by atoms with Gasteiger partial charge in [0.15, 0.2) is 16.8 Å². The van der Waals surface area contributed by atoms with E-state index in [-0.39, 0.29) is 17.4 Å². The van der Waals surface area contributed by atoms with Crippen molar-refractivity contribution in [3.8, 4) is 17.1 Å². The van der Waals surface area contributed by atoms with Crippen LogP contribution < -0.4 is 0 Å². The Labute approximate surface area is 177 Å². The third kappa shape index (κ3) is 3.78. The molecule has 0 fully saturated rings. The van der Waals surface area contributed by atoms with E-state index >= 15 is 0 Å². The second-order valence-corrected chi connectivity index (χ2v) is 7.86. The second-order valence-electron chi connectivity index (χ2n) is 6.92. The largest absolute Gasteiger partial charge is 0.318 e. The molecule has 0 saturated carbocycles. The molecule has 0 aliphatic heterocycles. The lowest BCUT2D eigenvalue weighted by molar-refractivity contribution is 0.102. The Hall–Kier alpha value is -3.26. The standard InChI is InChI=1S/C22H20FN5OS/c1-14-10-19(15(2)28(14)18-8-4-7-17(23)11-18)20(29)13-30-22-26-25-21(27(22)3)16-6-5-9-24-12-16/h4-12H,13H2,1-3H3. The molecule has 4 aromatic rings. The summed E-state index contributed by atoms with van der Waals surface area (Å²) in [5.41, 5.74) is 3.86. The van der Waals surface area contributed by atoms with Crippen molar-refractivity contribution in [2.75, 3.05) is 5.75 Å². The van der Waals surface area contributed by atoms with E-state index in [4.69, 9.17) is 0 Å². The Kier molecular flexibility index (Phi) is 5.50. The number of nitrogens with zero attached hydrogens (tertiary/aromatic N) is 5. The van der Waals surface area contributed by atoms with Gasteiger partial charge in [-0.2, -0.15) is 0 Å². The highest BCUT2D eigenvalue weighted by Crippen LogP contribution is 2.26. The highest BCUT2D eigenvalue weighted by Gasteiger charge is 2.19. The smallest absolute Gasteiger partial charge is 0.191 e. The van der Waals surface area contributed by atoms with Crippen LogP contribution in [0.3, 0.4) is 0 Å². The summed E-state index contributed by atoms with van der Waals surface area (Å²) in [4.78, 5) is 17.0. The van der Waals surface area contributed by atoms with Gasteiger partial charge in [0.05, 0.1) is 5.75 Å². The summed E-state index contributed by atoms with van der Waals surface area (Å²) in [7, 11) is 1.87. The number of thioether (sulfide) groups is 1. The molecule has 6 nitrogen and oxygen atoms in total. The molecule has 0 radical (unpaired) electrons. The van der Waals surface area contributed by atoms with E-state index in [1.165, 1.54) is 23.9 Å². The first-order valence-electron chi connectivity index (χ1n) is 9.36. The van der Waals surface area contributed by atoms with Crippen molar-refractivity contribution in [3.05, 3.63) is 77.6 Å². The maximum absolute atomic E-state index is 13.6. The summed E-state index contributed by atoms with van der Waals surface area (Å²) in [6.45, 7) is 3.78. The number of carbonyl (C=O) groups excluding carboxylic acids is 1. The van der Waals surface area contributed by atoms with Gasteiger partial charge in [-0.1, -0.05) is 17.8 Å². The van der Waals surface area contributed by atoms with Crippen molar-refractivity contribution >= 4 is 17.5 Å². The van der Waals surface area contributed by atoms with Crippen LogP contribution >= 0.6 is 11.8 Å². The molecule has 0 aliphatic carbocycles. The monoisotopic (exact) mass is 421 g/mol. The second kappa shape index (κ2) is 8.23. The van der Waals surface area contributed by atoms with Crippen LogP contribution in [0.15, 0.2) is 60.0 Å². The topological polar surface area (TPSA) is 65.6 Å². The quantitative estimate of drug-likeness (QED) is 0.341. The SMILES string of the molecule is Cc1cc(C(=O)CSc2nnc(-c3cccnc3)n2C)c(C)n1-c1cccc(F)c1. The molecule has 0 unspecified atom stereocenters. The van der Waals surface area contributed by atoms with Gasteiger partial charge in [-0.25, -0.2) is 4.39 Å². The molecule has 0 atom stereocenters. The molecule has 3 aromatic heterocycles. The Morgan fingerprint density at radius 1 is 1.13 bits per heavy atom. The molecule has 3 heterocycles. The van der Waals surface area contributed by atoms with Crippen LogP contribution in [0.25, 0.3) is 17.1 Å². The summed E-state index contributed by atoms with van der Waals surface area (Å²) in [5.74, 6) is 0.603. The van der Waals surface area contributed by atoms with Crippen LogP contribution in [0.4, 0.5) is 4.39 Å². The molecule has 0 amide bonds. The van der Waals surface area contributed by atoms with Crippen LogP contribution in [0.2, 0.25) is 0 Å². The number of Topliss-reactive ketones (excluding diaryl/α,β-unsaturated/α-hetero) is 1. The fraction of sp³-hybridized carbons (Fsp3) is 0.182. The summed E-state index contributed by atoms with van der Waals surface area (Å²) in [6.07, 6.45) is 3.43. The van der Waals surface area contributed by atoms with Crippen LogP contribution in [-0.2, 0) is 7.05 Å². The van der Waals surface area contributed by atoms with Gasteiger partial charge in [-0.3, -0.25) is 9.78 Å². The fourth-order valence-corrected chi connectivity index (χ4v) is 4.25. The molecule has 0 saturated heterocycles. The number of aromatic nitrogens is 5. The van der Waals surface area contributed by atoms with Gasteiger partial charge in [0.1, 0.15) is 5.82 Å². The fourth-order valence-electron chi connectivity index (χ4n) is 3.45. The van der Waals surface area contributed by atoms with Gasteiger partial charge in [0.2, 0.25) is 0 Å². The first-order valence-corrected chi connectivity index (χ1v) is 10.3. The highest BCUT2D eigenvalue weighted by atomic mass is 32.2. The van der Waals surface area contributed by atoms with Gasteiger partial charge in [0, 0.05) is 47.6 Å². The molecular weight excluding hydrogens is 401 g/mol. The number of rotatable bonds is 6. The number of halogens is 1. The molecular formula is C22H20FN5OS. The number of aryl methyl sites for hydroxylation is 1. The van der Waals surface area contributed by atoms with Gasteiger partial charge >= 0.3 is 0 Å². The molecule has 0 N–H and O–H groups in total. The Morgan fingerprint density at radius 3 is 2.70 bits per heavy atom. The number of benzene rings is 1. The van der Waals surface area contributed by atoms with E-state index in [0.717, 1.165) is 17.0 Å². The Bertz CT molecular complexity index is 1220. The van der Waals surface area contributed by atoms with Gasteiger partial charge in [0.25, 0.3) is 0 Å². The van der Waals surface area contributed by atoms with E-state index in [1.54, 1.807) is 18.5 Å². The van der Waals surface area contributed by atoms with Crippen LogP contribution in [0, 0.1) is 19.7 Å². The number of carbonyl (C=O) groups is 1. The normalized spacial score (nSPS) is 11.1. The number of hydrogen-bond acceptors (Lipinski definition) is 5. The number of hydrogen-bond donors (Lipinski definition) is 0. The first-order chi connectivity index (χ1) is 14.5. The van der Waals surface area contributed by atoms with Crippen molar-refractivity contribution in [2.24, 2.45) is 7.05 Å². The van der Waals surface area contributed by atoms with Crippen LogP contribution in [-0.4, -0.2) is 35.9 Å². The van der Waals surface area contributed by atoms with E-state index in [0.29, 0.717) is 22.2 Å². The Morgan fingerprint density at radius 2 is 1.97 bits per heavy atom. The minimum Gasteiger partial charge on any atom is -0.318 e. The average Bonchev–Trinajstić information content (AvgIpc) is 3.25. The minimum atomic E-state index is -0.310. The lowest BCUT2D eigenvalue weighted by Gasteiger charge is -2.10. The molecule has 30 heavy (non-hydrogen) atoms. The summed E-state index contributed by atoms with van der Waals surface area (Å²) < 4.78 is 17.4. The maximum atomic E-state index is 13.6. The molecule has 0 bridgehead atoms. The third-order valence-electron chi connectivity index (χ3n) is 4.88. The maximum Gasteiger partial charge on any atom is 0.191 e. The lowest BCUT2D eigenvalue weighted by Crippen LogP contribution is -2.06. The molecule has 152 valence electrons. The van der Waals surface area contributed by atoms with Gasteiger partial charge in [-0.15, -0.1) is 10.2 Å². The predicted octanol–water partition coefficient (Wildman–Crippen LogP) is 4.40. The van der Waals surface area contributed by atoms with Crippen molar-refractivity contribution in [1.29, 1.82) is 0 Å². The van der Waals surface area contributed by atoms with Crippen LogP contribution in [0.1, 0.15) is 21.7 Å². The van der Waals surface area contributed by atoms with E-state index in [2.05, 4.69) is 15.2 Å². The zero-order valence-corrected chi connectivity index (χ0v) is 17.7. The summed E-state index contributed by atoms with van der Waals surface area (Å²) >= 11 is 1.34. The van der Waals surface area contributed by atoms with E-state index in [1.807, 2.05) is 54.3 Å². The minimum absolute atomic E-state index is 0.0123. The van der Waals surface area contributed by atoms with Gasteiger partial charge < -0.3 is 9.13 Å². The molecule has 1 aromatic carbocycles. The summed E-state index contributed by atoms with van der Waals surface area (Å²) in [5, 5.41) is 9.08. The zero-order valence-electron chi connectivity index (χ0n) is 16.8. The first kappa shape index (κ1) is 20.0. The molecule has 8 heteroatoms. The van der Waals surface area contributed by atoms with Crippen molar-refractivity contribution < 1.29 is 9.18 Å². The number of pyridine rings is 1. The van der Waals surface area contributed by atoms with Crippen molar-refractivity contribution in [1.82, 2.24) is 24.3 Å². The number of ketones is 1. The van der Waals surface area contributed by atoms with E-state index < -0.39 is 0 Å². The van der Waals surface area contributed by atoms with E-state index in [9.17, 15) is 9.18 Å². The van der Waals surface area contributed by atoms with Gasteiger partial charge in [-0.05, 0) is 50.2 Å². The molecule has 4 rings (SSSR count). The average molecular weight is 422 g/mol. The molecule has 0 spiro atoms. The van der Waals surface area contributed by atoms with Crippen LogP contribution in [0.5, 0.6) is 0 Å². The third-order valence-corrected chi connectivity index (χ3v) is 5.91. The predicted molar refractivity (Wildman–Crippen MR) is 114 cm³/mol. The molecule has 0 aliphatic rings. The van der Waals surface area contributed by atoms with Crippen molar-refractivity contribution in [3.63, 3.8) is 0 Å². The summed E-state index contributed by atoms with van der Waals surface area (Å²) in [6, 6.07) is 12.0. The van der Waals surface area contributed by atoms with Crippen molar-refractivity contribution in [2.45, 2.75) is 19.0 Å². The lowest BCUT2D eigenvalue weighted by atomic mass is 10.2.